The first-order valence-corrected chi connectivity index (χ1v) is 35.7. The first kappa shape index (κ1) is 70.4. The lowest BCUT2D eigenvalue weighted by atomic mass is 9.78. The van der Waals surface area contributed by atoms with Crippen LogP contribution in [0.1, 0.15) is 113 Å². The zero-order valence-corrected chi connectivity index (χ0v) is 60.6. The van der Waals surface area contributed by atoms with Crippen LogP contribution in [-0.2, 0) is 68.5 Å². The van der Waals surface area contributed by atoms with Crippen molar-refractivity contribution in [1.29, 1.82) is 0 Å². The van der Waals surface area contributed by atoms with Gasteiger partial charge in [0, 0.05) is 55.9 Å². The molecule has 8 aromatic carbocycles. The van der Waals surface area contributed by atoms with Gasteiger partial charge in [0.2, 0.25) is 11.8 Å². The number of hydrogen-bond acceptors (Lipinski definition) is 18. The number of ether oxygens (including phenoxy) is 10. The van der Waals surface area contributed by atoms with Crippen LogP contribution in [0.25, 0.3) is 12.2 Å². The molecule has 4 bridgehead atoms. The van der Waals surface area contributed by atoms with E-state index in [1.807, 2.05) is 166 Å². The highest BCUT2D eigenvalue weighted by Gasteiger charge is 2.55. The summed E-state index contributed by atoms with van der Waals surface area (Å²) in [5.74, 6) is 4.09. The molecule has 0 aromatic heterocycles. The van der Waals surface area contributed by atoms with E-state index in [1.165, 1.54) is 14.2 Å². The normalized spacial score (nSPS) is 19.2. The van der Waals surface area contributed by atoms with Crippen molar-refractivity contribution < 1.29 is 74.7 Å². The second-order valence-electron chi connectivity index (χ2n) is 26.5. The first-order chi connectivity index (χ1) is 49.2. The van der Waals surface area contributed by atoms with E-state index in [4.69, 9.17) is 51.6 Å². The maximum absolute atomic E-state index is 14.9. The Labute approximate surface area is 596 Å². The summed E-state index contributed by atoms with van der Waals surface area (Å²) >= 11 is 0. The summed E-state index contributed by atoms with van der Waals surface area (Å²) < 4.78 is 93.1. The second-order valence-corrected chi connectivity index (χ2v) is 28.0. The zero-order chi connectivity index (χ0) is 72.0. The molecule has 0 unspecified atom stereocenters. The maximum atomic E-state index is 14.9. The Morgan fingerprint density at radius 1 is 0.441 bits per heavy atom. The summed E-state index contributed by atoms with van der Waals surface area (Å²) in [6, 6.07) is 40.7. The van der Waals surface area contributed by atoms with Gasteiger partial charge in [0.15, 0.2) is 51.7 Å². The predicted molar refractivity (Wildman–Crippen MR) is 386 cm³/mol. The molecule has 0 radical (unpaired) electrons. The van der Waals surface area contributed by atoms with Gasteiger partial charge in [-0.1, -0.05) is 133 Å². The Morgan fingerprint density at radius 3 is 1.17 bits per heavy atom. The topological polar surface area (TPSA) is 203 Å². The number of carbonyl (C=O) groups is 2. The van der Waals surface area contributed by atoms with Crippen LogP contribution in [0.3, 0.4) is 0 Å². The number of rotatable bonds is 22. The SMILES string of the molecule is COc1c(C)cc2c(c1OCc1ccccc1)[C@@H]1C3=Cc4c(O)c(C)c(OC)c(OC)c4[C@H](COCc4ccccc4)N3C(=O)[C@H](C2)N1C.COc1c(C)cc2c(c1OCc1ccccc1)[C@@H]1C3=Cc4c(OS(C)(=O)=O)c(C)c(OC)c(OC)c4[C@H](COCc4ccccc4)N3C(=O)[C@H](C2)N1C. The Bertz CT molecular complexity index is 4710. The van der Waals surface area contributed by atoms with E-state index < -0.39 is 40.3 Å². The highest BCUT2D eigenvalue weighted by atomic mass is 32.2. The van der Waals surface area contributed by atoms with Crippen LogP contribution in [0.5, 0.6) is 57.5 Å². The van der Waals surface area contributed by atoms with Gasteiger partial charge < -0.3 is 66.5 Å². The Kier molecular flexibility index (Phi) is 20.1. The van der Waals surface area contributed by atoms with Gasteiger partial charge in [0.25, 0.3) is 0 Å². The number of phenols is 1. The highest BCUT2D eigenvalue weighted by Crippen LogP contribution is 2.61. The van der Waals surface area contributed by atoms with E-state index in [0.717, 1.165) is 67.6 Å². The molecule has 2 amide bonds. The van der Waals surface area contributed by atoms with Crippen molar-refractivity contribution >= 4 is 34.1 Å². The van der Waals surface area contributed by atoms with Crippen molar-refractivity contribution in [3.05, 3.63) is 234 Å². The number of methoxy groups -OCH3 is 6. The Morgan fingerprint density at radius 2 is 0.794 bits per heavy atom. The molecule has 1 N–H and O–H groups in total. The number of hydrogen-bond donors (Lipinski definition) is 1. The summed E-state index contributed by atoms with van der Waals surface area (Å²) in [6.45, 7) is 9.03. The lowest BCUT2D eigenvalue weighted by molar-refractivity contribution is -0.146. The lowest BCUT2D eigenvalue weighted by Gasteiger charge is -2.53. The Balaban J connectivity index is 0.000000183. The predicted octanol–water partition coefficient (Wildman–Crippen LogP) is 13.0. The first-order valence-electron chi connectivity index (χ1n) is 33.9. The van der Waals surface area contributed by atoms with Crippen LogP contribution in [-0.4, -0.2) is 133 Å². The number of benzene rings is 8. The van der Waals surface area contributed by atoms with Gasteiger partial charge in [0.05, 0.1) is 112 Å². The van der Waals surface area contributed by atoms with Crippen LogP contribution >= 0.6 is 0 Å². The van der Waals surface area contributed by atoms with Gasteiger partial charge in [-0.2, -0.15) is 8.42 Å². The van der Waals surface area contributed by atoms with Crippen LogP contribution in [0, 0.1) is 27.7 Å². The fourth-order valence-electron chi connectivity index (χ4n) is 15.8. The van der Waals surface area contributed by atoms with Gasteiger partial charge in [-0.3, -0.25) is 19.4 Å². The number of aryl methyl sites for hydroxylation is 2. The van der Waals surface area contributed by atoms with Crippen LogP contribution in [0.2, 0.25) is 0 Å². The molecule has 2 fully saturated rings. The van der Waals surface area contributed by atoms with Crippen LogP contribution in [0.15, 0.2) is 145 Å². The number of carbonyl (C=O) groups excluding carboxylic acids is 2. The van der Waals surface area contributed by atoms with Gasteiger partial charge in [-0.05, 0) is 111 Å². The minimum Gasteiger partial charge on any atom is -0.507 e. The van der Waals surface area contributed by atoms with Crippen molar-refractivity contribution in [2.24, 2.45) is 0 Å². The van der Waals surface area contributed by atoms with Gasteiger partial charge >= 0.3 is 10.1 Å². The molecule has 532 valence electrons. The van der Waals surface area contributed by atoms with E-state index in [2.05, 4.69) is 21.9 Å². The fraction of sp³-hybridized carbons (Fsp3) is 0.333. The zero-order valence-electron chi connectivity index (χ0n) is 59.7. The van der Waals surface area contributed by atoms with E-state index in [0.29, 0.717) is 118 Å². The van der Waals surface area contributed by atoms with Gasteiger partial charge in [-0.15, -0.1) is 0 Å². The summed E-state index contributed by atoms with van der Waals surface area (Å²) in [5.41, 5.74) is 14.2. The molecule has 6 aliphatic rings. The quantitative estimate of drug-likeness (QED) is 0.0627. The minimum absolute atomic E-state index is 0.0454. The summed E-state index contributed by atoms with van der Waals surface area (Å²) in [5, 5.41) is 11.7. The van der Waals surface area contributed by atoms with Crippen molar-refractivity contribution in [1.82, 2.24) is 19.6 Å². The third kappa shape index (κ3) is 12.7. The number of nitrogens with zero attached hydrogens (tertiary/aromatic N) is 4. The molecule has 6 atom stereocenters. The largest absolute Gasteiger partial charge is 0.507 e. The average molecular weight is 1400 g/mol. The Hall–Kier alpha value is -10.0. The molecule has 102 heavy (non-hydrogen) atoms. The van der Waals surface area contributed by atoms with E-state index in [9.17, 15) is 23.1 Å². The molecular formula is C81H86N4O16S. The van der Waals surface area contributed by atoms with E-state index >= 15 is 0 Å². The second kappa shape index (κ2) is 29.1. The van der Waals surface area contributed by atoms with Crippen LogP contribution < -0.4 is 42.1 Å². The van der Waals surface area contributed by atoms with Crippen molar-refractivity contribution in [3.63, 3.8) is 0 Å². The number of fused-ring (bicyclic) bond motifs is 14. The maximum Gasteiger partial charge on any atom is 0.306 e. The standard InChI is InChI=1S/C41H44N2O9S.C40H42N2O7/c1-24-18-28-19-31-41(44)43-30(35(42(31)3)33(28)40(36(24)47-4)51-22-27-16-12-9-13-17-27)20-29-34(32(43)23-50-21-26-14-10-8-11-15-26)39(49-6)38(48-5)25(2)37(29)52-53(7,45)46;1-23-17-27-18-30-40(44)42-29(34(41(30)3)32(27)39(36(23)45-4)49-21-26-15-11-8-12-16-26)19-28-33(38(47-6)37(46-5)24(2)35(28)43)31(42)22-48-20-25-13-9-7-10-14-25/h8-18,20,31-32,35H,19,21-23H2,1-7H3;7-17,19,30-31,34,43H,18,20-22H2,1-6H3/t31-,32-,35-;30-,31-,34-/m00/s1. The lowest BCUT2D eigenvalue weighted by Crippen LogP contribution is -2.60. The average Bonchev–Trinajstić information content (AvgIpc) is 0.706. The molecule has 0 spiro atoms. The highest BCUT2D eigenvalue weighted by molar-refractivity contribution is 7.86. The molecule has 8 aromatic rings. The van der Waals surface area contributed by atoms with Crippen molar-refractivity contribution in [2.75, 3.05) is 76.2 Å². The summed E-state index contributed by atoms with van der Waals surface area (Å²) in [4.78, 5) is 37.5. The number of amides is 2. The number of piperazine rings is 2. The molecule has 21 heteroatoms. The molecule has 20 nitrogen and oxygen atoms in total. The monoisotopic (exact) mass is 1400 g/mol. The third-order valence-corrected chi connectivity index (χ3v) is 20.8. The van der Waals surface area contributed by atoms with Gasteiger partial charge in [0.1, 0.15) is 19.0 Å². The fourth-order valence-corrected chi connectivity index (χ4v) is 16.3. The van der Waals surface area contributed by atoms with Gasteiger partial charge in [-0.25, -0.2) is 0 Å². The number of likely N-dealkylation sites (N-methyl/N-ethyl adjacent to an activating group) is 2. The summed E-state index contributed by atoms with van der Waals surface area (Å²) in [7, 11) is 9.35. The molecular weight excluding hydrogens is 1320 g/mol. The van der Waals surface area contributed by atoms with Crippen molar-refractivity contribution in [3.8, 4) is 57.5 Å². The van der Waals surface area contributed by atoms with Crippen LogP contribution in [0.4, 0.5) is 0 Å². The smallest absolute Gasteiger partial charge is 0.306 e. The molecule has 14 rings (SSSR count). The minimum atomic E-state index is -4.00. The van der Waals surface area contributed by atoms with E-state index in [-0.39, 0.29) is 49.2 Å². The van der Waals surface area contributed by atoms with E-state index in [1.54, 1.807) is 47.2 Å². The van der Waals surface area contributed by atoms with Crippen molar-refractivity contribution in [2.45, 2.75) is 103 Å². The third-order valence-electron chi connectivity index (χ3n) is 20.3. The molecule has 6 heterocycles. The molecule has 0 aliphatic carbocycles. The summed E-state index contributed by atoms with van der Waals surface area (Å²) in [6.07, 6.45) is 5.71. The molecule has 0 saturated carbocycles. The molecule has 6 aliphatic heterocycles. The number of phenolic OH excluding ortho intramolecular Hbond substituents is 1. The number of aromatic hydroxyl groups is 1. The molecule has 2 saturated heterocycles.